The molecule has 0 atom stereocenters. The van der Waals surface area contributed by atoms with E-state index in [4.69, 9.17) is 13.1 Å². The number of nitrogens with zero attached hydrogens (tertiary/aromatic N) is 1. The van der Waals surface area contributed by atoms with Gasteiger partial charge in [0, 0.05) is 0 Å². The standard InChI is InChI=1S/C11H5BFN/c12-10-2-1-7-5-11(13)9(6-14)3-8(7)4-10/h1-5H. The van der Waals surface area contributed by atoms with Crippen LogP contribution in [0.2, 0.25) is 0 Å². The van der Waals surface area contributed by atoms with Crippen molar-refractivity contribution in [1.29, 1.82) is 5.26 Å². The van der Waals surface area contributed by atoms with Crippen molar-refractivity contribution in [2.45, 2.75) is 0 Å². The van der Waals surface area contributed by atoms with Gasteiger partial charge in [0.1, 0.15) is 19.7 Å². The predicted octanol–water partition coefficient (Wildman–Crippen LogP) is 1.64. The van der Waals surface area contributed by atoms with Gasteiger partial charge >= 0.3 is 0 Å². The Morgan fingerprint density at radius 1 is 1.14 bits per heavy atom. The van der Waals surface area contributed by atoms with Crippen molar-refractivity contribution in [1.82, 2.24) is 0 Å². The lowest BCUT2D eigenvalue weighted by molar-refractivity contribution is 0.626. The maximum Gasteiger partial charge on any atom is 0.141 e. The summed E-state index contributed by atoms with van der Waals surface area (Å²) in [5, 5.41) is 10.2. The molecule has 0 heterocycles. The Balaban J connectivity index is 2.82. The molecule has 0 N–H and O–H groups in total. The summed E-state index contributed by atoms with van der Waals surface area (Å²) in [6.45, 7) is 0. The lowest BCUT2D eigenvalue weighted by atomic mass is 9.93. The summed E-state index contributed by atoms with van der Waals surface area (Å²) in [5.41, 5.74) is 0.649. The zero-order chi connectivity index (χ0) is 10.1. The van der Waals surface area contributed by atoms with Crippen molar-refractivity contribution >= 4 is 24.1 Å². The summed E-state index contributed by atoms with van der Waals surface area (Å²) in [4.78, 5) is 0. The number of rotatable bonds is 0. The highest BCUT2D eigenvalue weighted by atomic mass is 19.1. The third kappa shape index (κ3) is 1.35. The molecular formula is C11H5BFN. The van der Waals surface area contributed by atoms with E-state index in [1.165, 1.54) is 12.1 Å². The third-order valence-corrected chi connectivity index (χ3v) is 2.07. The van der Waals surface area contributed by atoms with Crippen molar-refractivity contribution in [2.75, 3.05) is 0 Å². The maximum absolute atomic E-state index is 13.2. The molecule has 0 aliphatic rings. The Morgan fingerprint density at radius 3 is 2.64 bits per heavy atom. The topological polar surface area (TPSA) is 23.8 Å². The maximum atomic E-state index is 13.2. The lowest BCUT2D eigenvalue weighted by Gasteiger charge is -2.01. The van der Waals surface area contributed by atoms with Crippen molar-refractivity contribution in [2.24, 2.45) is 0 Å². The van der Waals surface area contributed by atoms with E-state index in [1.54, 1.807) is 24.3 Å². The monoisotopic (exact) mass is 181 g/mol. The minimum absolute atomic E-state index is 0.0445. The van der Waals surface area contributed by atoms with E-state index < -0.39 is 5.82 Å². The average molecular weight is 181 g/mol. The smallest absolute Gasteiger partial charge is 0.141 e. The highest BCUT2D eigenvalue weighted by Crippen LogP contribution is 2.17. The van der Waals surface area contributed by atoms with Crippen LogP contribution in [0.5, 0.6) is 0 Å². The molecule has 0 spiro atoms. The van der Waals surface area contributed by atoms with Crippen molar-refractivity contribution in [3.8, 4) is 6.07 Å². The molecule has 0 fully saturated rings. The first-order valence-corrected chi connectivity index (χ1v) is 4.09. The molecule has 0 unspecified atom stereocenters. The summed E-state index contributed by atoms with van der Waals surface area (Å²) in [7, 11) is 5.58. The van der Waals surface area contributed by atoms with Crippen LogP contribution >= 0.6 is 0 Å². The van der Waals surface area contributed by atoms with Gasteiger partial charge in [0.15, 0.2) is 0 Å². The van der Waals surface area contributed by atoms with Crippen molar-refractivity contribution in [3.05, 3.63) is 41.7 Å². The second kappa shape index (κ2) is 3.15. The fourth-order valence-corrected chi connectivity index (χ4v) is 1.37. The second-order valence-electron chi connectivity index (χ2n) is 3.05. The summed E-state index contributed by atoms with van der Waals surface area (Å²) in [6.07, 6.45) is 0. The zero-order valence-corrected chi connectivity index (χ0v) is 7.29. The molecule has 0 aliphatic carbocycles. The molecule has 1 nitrogen and oxygen atoms in total. The fourth-order valence-electron chi connectivity index (χ4n) is 1.37. The highest BCUT2D eigenvalue weighted by Gasteiger charge is 2.03. The number of nitriles is 1. The number of benzene rings is 2. The van der Waals surface area contributed by atoms with Crippen LogP contribution in [0.4, 0.5) is 4.39 Å². The Bertz CT molecular complexity index is 543. The number of fused-ring (bicyclic) bond motifs is 1. The van der Waals surface area contributed by atoms with E-state index in [0.29, 0.717) is 5.46 Å². The van der Waals surface area contributed by atoms with Gasteiger partial charge < -0.3 is 0 Å². The summed E-state index contributed by atoms with van der Waals surface area (Å²) < 4.78 is 13.2. The molecule has 0 saturated carbocycles. The Hall–Kier alpha value is -1.82. The van der Waals surface area contributed by atoms with Crippen LogP contribution in [0.15, 0.2) is 30.3 Å². The van der Waals surface area contributed by atoms with Crippen LogP contribution in [0.3, 0.4) is 0 Å². The van der Waals surface area contributed by atoms with E-state index in [9.17, 15) is 4.39 Å². The van der Waals surface area contributed by atoms with E-state index in [0.717, 1.165) is 10.8 Å². The normalized spacial score (nSPS) is 10.0. The van der Waals surface area contributed by atoms with Gasteiger partial charge in [-0.2, -0.15) is 5.26 Å². The van der Waals surface area contributed by atoms with Crippen molar-refractivity contribution in [3.63, 3.8) is 0 Å². The van der Waals surface area contributed by atoms with E-state index >= 15 is 0 Å². The molecule has 2 radical (unpaired) electrons. The van der Waals surface area contributed by atoms with Gasteiger partial charge in [-0.05, 0) is 22.9 Å². The molecule has 0 amide bonds. The molecule has 2 aromatic carbocycles. The minimum atomic E-state index is -0.496. The van der Waals surface area contributed by atoms with Gasteiger partial charge in [-0.25, -0.2) is 4.39 Å². The quantitative estimate of drug-likeness (QED) is 0.566. The van der Waals surface area contributed by atoms with Gasteiger partial charge in [0.2, 0.25) is 0 Å². The molecule has 0 aromatic heterocycles. The van der Waals surface area contributed by atoms with Gasteiger partial charge in [-0.3, -0.25) is 0 Å². The van der Waals surface area contributed by atoms with Gasteiger partial charge in [0.05, 0.1) is 5.56 Å². The van der Waals surface area contributed by atoms with Crippen LogP contribution < -0.4 is 5.46 Å². The average Bonchev–Trinajstić information content (AvgIpc) is 2.17. The zero-order valence-electron chi connectivity index (χ0n) is 7.29. The number of halogens is 1. The molecule has 14 heavy (non-hydrogen) atoms. The third-order valence-electron chi connectivity index (χ3n) is 2.07. The van der Waals surface area contributed by atoms with Crippen molar-refractivity contribution < 1.29 is 4.39 Å². The number of hydrogen-bond donors (Lipinski definition) is 0. The van der Waals surface area contributed by atoms with Crippen LogP contribution in [0, 0.1) is 17.1 Å². The summed E-state index contributed by atoms with van der Waals surface area (Å²) in [5.74, 6) is -0.496. The van der Waals surface area contributed by atoms with Crippen LogP contribution in [-0.2, 0) is 0 Å². The Kier molecular flexibility index (Phi) is 1.97. The molecule has 0 aliphatic heterocycles. The first-order chi connectivity index (χ1) is 6.70. The highest BCUT2D eigenvalue weighted by molar-refractivity contribution is 6.33. The van der Waals surface area contributed by atoms with Crippen LogP contribution in [0.25, 0.3) is 10.8 Å². The van der Waals surface area contributed by atoms with Crippen LogP contribution in [-0.4, -0.2) is 7.85 Å². The summed E-state index contributed by atoms with van der Waals surface area (Å²) in [6, 6.07) is 9.78. The molecule has 3 heteroatoms. The van der Waals surface area contributed by atoms with Gasteiger partial charge in [0.25, 0.3) is 0 Å². The Morgan fingerprint density at radius 2 is 1.93 bits per heavy atom. The lowest BCUT2D eigenvalue weighted by Crippen LogP contribution is -2.00. The molecular weight excluding hydrogens is 176 g/mol. The first kappa shape index (κ1) is 8.77. The Labute approximate surface area is 82.2 Å². The van der Waals surface area contributed by atoms with Gasteiger partial charge in [-0.15, -0.1) is 0 Å². The van der Waals surface area contributed by atoms with E-state index in [-0.39, 0.29) is 5.56 Å². The van der Waals surface area contributed by atoms with Gasteiger partial charge in [-0.1, -0.05) is 23.7 Å². The molecule has 0 bridgehead atoms. The van der Waals surface area contributed by atoms with Crippen LogP contribution in [0.1, 0.15) is 5.56 Å². The predicted molar refractivity (Wildman–Crippen MR) is 54.0 cm³/mol. The molecule has 2 rings (SSSR count). The minimum Gasteiger partial charge on any atom is -0.206 e. The molecule has 2 aromatic rings. The second-order valence-corrected chi connectivity index (χ2v) is 3.05. The van der Waals surface area contributed by atoms with E-state index in [1.807, 2.05) is 0 Å². The first-order valence-electron chi connectivity index (χ1n) is 4.09. The van der Waals surface area contributed by atoms with E-state index in [2.05, 4.69) is 0 Å². The molecule has 64 valence electrons. The summed E-state index contributed by atoms with van der Waals surface area (Å²) >= 11 is 0. The number of hydrogen-bond acceptors (Lipinski definition) is 1. The fraction of sp³-hybridized carbons (Fsp3) is 0. The largest absolute Gasteiger partial charge is 0.206 e. The SMILES string of the molecule is [B]c1ccc2cc(F)c(C#N)cc2c1. The molecule has 0 saturated heterocycles.